The van der Waals surface area contributed by atoms with Gasteiger partial charge in [0.2, 0.25) is 11.2 Å². The van der Waals surface area contributed by atoms with Crippen molar-refractivity contribution in [3.63, 3.8) is 0 Å². The molecule has 1 unspecified atom stereocenters. The number of carbonyl (C=O) groups excluding carboxylic acids is 1. The summed E-state index contributed by atoms with van der Waals surface area (Å²) in [6, 6.07) is 1.49. The third kappa shape index (κ3) is 3.13. The summed E-state index contributed by atoms with van der Waals surface area (Å²) in [7, 11) is -3.06. The second-order valence-electron chi connectivity index (χ2n) is 3.80. The van der Waals surface area contributed by atoms with Crippen LogP contribution < -0.4 is 5.32 Å². The summed E-state index contributed by atoms with van der Waals surface area (Å²) in [6.45, 7) is 0. The molecule has 1 aromatic heterocycles. The van der Waals surface area contributed by atoms with Crippen molar-refractivity contribution in [2.45, 2.75) is 6.42 Å². The highest BCUT2D eigenvalue weighted by atomic mass is 35.5. The van der Waals surface area contributed by atoms with Gasteiger partial charge < -0.3 is 5.32 Å². The van der Waals surface area contributed by atoms with E-state index in [0.29, 0.717) is 6.42 Å². The minimum absolute atomic E-state index is 0.0295. The standard InChI is InChI=1S/C9H10ClN3O3S/c10-9-11-3-1-7(13-9)12-8(14)6-2-4-17(15,16)5-6/h1,3,6H,2,4-5H2,(H,11,12,13,14). The highest BCUT2D eigenvalue weighted by Crippen LogP contribution is 2.20. The predicted octanol–water partition coefficient (Wildman–Crippen LogP) is 0.503. The van der Waals surface area contributed by atoms with Crippen LogP contribution in [0.15, 0.2) is 12.3 Å². The number of hydrogen-bond acceptors (Lipinski definition) is 5. The normalized spacial score (nSPS) is 22.3. The molecule has 2 heterocycles. The van der Waals surface area contributed by atoms with E-state index in [0.717, 1.165) is 0 Å². The average molecular weight is 276 g/mol. The SMILES string of the molecule is O=C(Nc1ccnc(Cl)n1)C1CCS(=O)(=O)C1. The molecule has 0 bridgehead atoms. The molecule has 1 atom stereocenters. The molecule has 2 rings (SSSR count). The Bertz CT molecular complexity index is 546. The van der Waals surface area contributed by atoms with E-state index >= 15 is 0 Å². The number of halogens is 1. The van der Waals surface area contributed by atoms with Crippen LogP contribution in [0.5, 0.6) is 0 Å². The number of sulfone groups is 1. The lowest BCUT2D eigenvalue weighted by atomic mass is 10.1. The summed E-state index contributed by atoms with van der Waals surface area (Å²) in [4.78, 5) is 19.2. The largest absolute Gasteiger partial charge is 0.310 e. The Kier molecular flexibility index (Phi) is 3.30. The molecule has 0 aromatic carbocycles. The van der Waals surface area contributed by atoms with Gasteiger partial charge in [-0.1, -0.05) is 0 Å². The van der Waals surface area contributed by atoms with E-state index in [1.165, 1.54) is 12.3 Å². The van der Waals surface area contributed by atoms with E-state index in [-0.39, 0.29) is 28.5 Å². The Morgan fingerprint density at radius 3 is 2.88 bits per heavy atom. The first kappa shape index (κ1) is 12.3. The summed E-state index contributed by atoms with van der Waals surface area (Å²) in [5.74, 6) is -0.610. The lowest BCUT2D eigenvalue weighted by Crippen LogP contribution is -2.24. The summed E-state index contributed by atoms with van der Waals surface area (Å²) in [5, 5.41) is 2.55. The first-order chi connectivity index (χ1) is 7.96. The number of anilines is 1. The Hall–Kier alpha value is -1.21. The molecule has 8 heteroatoms. The van der Waals surface area contributed by atoms with Crippen LogP contribution in [0.25, 0.3) is 0 Å². The summed E-state index contributed by atoms with van der Waals surface area (Å²) in [6.07, 6.45) is 1.77. The maximum Gasteiger partial charge on any atom is 0.229 e. The van der Waals surface area contributed by atoms with Gasteiger partial charge in [0.1, 0.15) is 5.82 Å². The fraction of sp³-hybridized carbons (Fsp3) is 0.444. The molecule has 92 valence electrons. The van der Waals surface area contributed by atoms with Crippen molar-refractivity contribution in [2.75, 3.05) is 16.8 Å². The van der Waals surface area contributed by atoms with Crippen molar-refractivity contribution in [3.8, 4) is 0 Å². The summed E-state index contributed by atoms with van der Waals surface area (Å²) < 4.78 is 22.5. The van der Waals surface area contributed by atoms with Crippen molar-refractivity contribution in [2.24, 2.45) is 5.92 Å². The van der Waals surface area contributed by atoms with E-state index in [2.05, 4.69) is 15.3 Å². The third-order valence-electron chi connectivity index (χ3n) is 2.48. The van der Waals surface area contributed by atoms with Gasteiger partial charge in [-0.3, -0.25) is 4.79 Å². The van der Waals surface area contributed by atoms with Crippen molar-refractivity contribution in [1.29, 1.82) is 0 Å². The lowest BCUT2D eigenvalue weighted by Gasteiger charge is -2.08. The minimum atomic E-state index is -3.06. The number of hydrogen-bond donors (Lipinski definition) is 1. The zero-order chi connectivity index (χ0) is 12.5. The van der Waals surface area contributed by atoms with Crippen molar-refractivity contribution in [3.05, 3.63) is 17.5 Å². The van der Waals surface area contributed by atoms with Gasteiger partial charge in [-0.2, -0.15) is 0 Å². The summed E-state index contributed by atoms with van der Waals surface area (Å²) >= 11 is 5.56. The molecule has 0 aliphatic carbocycles. The molecule has 1 N–H and O–H groups in total. The highest BCUT2D eigenvalue weighted by molar-refractivity contribution is 7.91. The molecule has 0 radical (unpaired) electrons. The second-order valence-corrected chi connectivity index (χ2v) is 6.37. The van der Waals surface area contributed by atoms with Gasteiger partial charge in [0.15, 0.2) is 9.84 Å². The first-order valence-corrected chi connectivity index (χ1v) is 7.16. The molecule has 1 aliphatic heterocycles. The molecule has 1 fully saturated rings. The van der Waals surface area contributed by atoms with Gasteiger partial charge in [0, 0.05) is 6.20 Å². The van der Waals surface area contributed by atoms with E-state index < -0.39 is 15.8 Å². The Morgan fingerprint density at radius 2 is 2.29 bits per heavy atom. The zero-order valence-corrected chi connectivity index (χ0v) is 10.3. The summed E-state index contributed by atoms with van der Waals surface area (Å²) in [5.41, 5.74) is 0. The number of aromatic nitrogens is 2. The molecule has 1 amide bonds. The van der Waals surface area contributed by atoms with E-state index in [4.69, 9.17) is 11.6 Å². The van der Waals surface area contributed by atoms with Crippen LogP contribution in [-0.4, -0.2) is 35.8 Å². The number of amides is 1. The molecule has 6 nitrogen and oxygen atoms in total. The van der Waals surface area contributed by atoms with Crippen molar-refractivity contribution < 1.29 is 13.2 Å². The molecule has 17 heavy (non-hydrogen) atoms. The minimum Gasteiger partial charge on any atom is -0.310 e. The Labute approximate surface area is 103 Å². The average Bonchev–Trinajstić information content (AvgIpc) is 2.59. The van der Waals surface area contributed by atoms with Crippen LogP contribution in [0, 0.1) is 5.92 Å². The molecular formula is C9H10ClN3O3S. The maximum absolute atomic E-state index is 11.7. The molecule has 1 saturated heterocycles. The number of nitrogens with zero attached hydrogens (tertiary/aromatic N) is 2. The van der Waals surface area contributed by atoms with Crippen molar-refractivity contribution in [1.82, 2.24) is 9.97 Å². The van der Waals surface area contributed by atoms with E-state index in [1.54, 1.807) is 0 Å². The van der Waals surface area contributed by atoms with Gasteiger partial charge in [-0.15, -0.1) is 0 Å². The quantitative estimate of drug-likeness (QED) is 0.794. The van der Waals surface area contributed by atoms with Crippen LogP contribution >= 0.6 is 11.6 Å². The molecule has 0 saturated carbocycles. The maximum atomic E-state index is 11.7. The second kappa shape index (κ2) is 4.58. The van der Waals surface area contributed by atoms with E-state index in [9.17, 15) is 13.2 Å². The monoisotopic (exact) mass is 275 g/mol. The zero-order valence-electron chi connectivity index (χ0n) is 8.76. The molecule has 1 aliphatic rings. The Morgan fingerprint density at radius 1 is 1.53 bits per heavy atom. The number of carbonyl (C=O) groups is 1. The fourth-order valence-corrected chi connectivity index (χ4v) is 3.52. The lowest BCUT2D eigenvalue weighted by molar-refractivity contribution is -0.119. The first-order valence-electron chi connectivity index (χ1n) is 4.96. The van der Waals surface area contributed by atoms with Gasteiger partial charge in [-0.25, -0.2) is 18.4 Å². The van der Waals surface area contributed by atoms with Crippen LogP contribution in [-0.2, 0) is 14.6 Å². The van der Waals surface area contributed by atoms with Crippen LogP contribution in [0.2, 0.25) is 5.28 Å². The van der Waals surface area contributed by atoms with Gasteiger partial charge in [0.05, 0.1) is 17.4 Å². The van der Waals surface area contributed by atoms with Crippen molar-refractivity contribution >= 4 is 33.2 Å². The molecule has 1 aromatic rings. The highest BCUT2D eigenvalue weighted by Gasteiger charge is 2.33. The topological polar surface area (TPSA) is 89.0 Å². The molecular weight excluding hydrogens is 266 g/mol. The number of rotatable bonds is 2. The predicted molar refractivity (Wildman–Crippen MR) is 62.4 cm³/mol. The Balaban J connectivity index is 2.03. The van der Waals surface area contributed by atoms with Gasteiger partial charge in [0.25, 0.3) is 0 Å². The van der Waals surface area contributed by atoms with Gasteiger partial charge in [-0.05, 0) is 24.1 Å². The molecule has 0 spiro atoms. The smallest absolute Gasteiger partial charge is 0.229 e. The van der Waals surface area contributed by atoms with Crippen LogP contribution in [0.1, 0.15) is 6.42 Å². The van der Waals surface area contributed by atoms with Crippen LogP contribution in [0.3, 0.4) is 0 Å². The fourth-order valence-electron chi connectivity index (χ4n) is 1.63. The van der Waals surface area contributed by atoms with E-state index in [1.807, 2.05) is 0 Å². The van der Waals surface area contributed by atoms with Gasteiger partial charge >= 0.3 is 0 Å². The third-order valence-corrected chi connectivity index (χ3v) is 4.43. The number of nitrogens with one attached hydrogen (secondary N) is 1. The van der Waals surface area contributed by atoms with Crippen LogP contribution in [0.4, 0.5) is 5.82 Å².